The fourth-order valence-corrected chi connectivity index (χ4v) is 2.46. The lowest BCUT2D eigenvalue weighted by Crippen LogP contribution is -2.22. The van der Waals surface area contributed by atoms with E-state index in [0.29, 0.717) is 12.1 Å². The topological polar surface area (TPSA) is 29.9 Å². The number of hydrogen-bond donors (Lipinski definition) is 1. The second-order valence-corrected chi connectivity index (χ2v) is 5.64. The summed E-state index contributed by atoms with van der Waals surface area (Å²) in [6.45, 7) is 9.56. The van der Waals surface area contributed by atoms with E-state index in [-0.39, 0.29) is 0 Å². The van der Waals surface area contributed by atoms with Crippen molar-refractivity contribution in [3.05, 3.63) is 53.6 Å². The van der Waals surface area contributed by atoms with Crippen molar-refractivity contribution in [3.63, 3.8) is 0 Å². The Bertz CT molecular complexity index is 525. The summed E-state index contributed by atoms with van der Waals surface area (Å²) >= 11 is 0. The SMILES string of the molecule is CCC(NCc1cncn1C(C)C)c1ccc(C)cc1. The van der Waals surface area contributed by atoms with E-state index in [1.165, 1.54) is 16.8 Å². The molecule has 3 heteroatoms. The van der Waals surface area contributed by atoms with Crippen LogP contribution in [-0.2, 0) is 6.54 Å². The summed E-state index contributed by atoms with van der Waals surface area (Å²) in [5, 5.41) is 3.64. The number of imidazole rings is 1. The standard InChI is InChI=1S/C17H25N3/c1-5-17(15-8-6-14(4)7-9-15)19-11-16-10-18-12-20(16)13(2)3/h6-10,12-13,17,19H,5,11H2,1-4H3. The fourth-order valence-electron chi connectivity index (χ4n) is 2.46. The van der Waals surface area contributed by atoms with Crippen LogP contribution in [0.15, 0.2) is 36.8 Å². The molecule has 0 spiro atoms. The van der Waals surface area contributed by atoms with E-state index in [4.69, 9.17) is 0 Å². The number of aromatic nitrogens is 2. The number of hydrogen-bond acceptors (Lipinski definition) is 2. The van der Waals surface area contributed by atoms with Crippen LogP contribution in [0.2, 0.25) is 0 Å². The van der Waals surface area contributed by atoms with Gasteiger partial charge in [-0.2, -0.15) is 0 Å². The lowest BCUT2D eigenvalue weighted by molar-refractivity contribution is 0.488. The van der Waals surface area contributed by atoms with Gasteiger partial charge in [-0.3, -0.25) is 0 Å². The van der Waals surface area contributed by atoms with E-state index in [0.717, 1.165) is 13.0 Å². The van der Waals surface area contributed by atoms with E-state index in [1.54, 1.807) is 0 Å². The molecule has 0 amide bonds. The highest BCUT2D eigenvalue weighted by Gasteiger charge is 2.11. The van der Waals surface area contributed by atoms with Crippen molar-refractivity contribution in [2.75, 3.05) is 0 Å². The zero-order chi connectivity index (χ0) is 14.5. The maximum atomic E-state index is 4.25. The average Bonchev–Trinajstić information content (AvgIpc) is 2.90. The number of nitrogens with one attached hydrogen (secondary N) is 1. The number of rotatable bonds is 6. The summed E-state index contributed by atoms with van der Waals surface area (Å²) in [7, 11) is 0. The maximum absolute atomic E-state index is 4.25. The van der Waals surface area contributed by atoms with Crippen molar-refractivity contribution in [3.8, 4) is 0 Å². The van der Waals surface area contributed by atoms with Crippen LogP contribution in [0.4, 0.5) is 0 Å². The van der Waals surface area contributed by atoms with Gasteiger partial charge in [0.2, 0.25) is 0 Å². The molecule has 0 fully saturated rings. The summed E-state index contributed by atoms with van der Waals surface area (Å²) < 4.78 is 2.22. The van der Waals surface area contributed by atoms with Crippen LogP contribution >= 0.6 is 0 Å². The maximum Gasteiger partial charge on any atom is 0.0951 e. The fraction of sp³-hybridized carbons (Fsp3) is 0.471. The lowest BCUT2D eigenvalue weighted by atomic mass is 10.0. The average molecular weight is 271 g/mol. The summed E-state index contributed by atoms with van der Waals surface area (Å²) in [4.78, 5) is 4.25. The van der Waals surface area contributed by atoms with Gasteiger partial charge in [-0.1, -0.05) is 36.8 Å². The van der Waals surface area contributed by atoms with E-state index in [1.807, 2.05) is 12.5 Å². The molecule has 1 unspecified atom stereocenters. The van der Waals surface area contributed by atoms with E-state index >= 15 is 0 Å². The van der Waals surface area contributed by atoms with Crippen molar-refractivity contribution in [1.82, 2.24) is 14.9 Å². The highest BCUT2D eigenvalue weighted by molar-refractivity contribution is 5.24. The molecule has 0 aliphatic carbocycles. The van der Waals surface area contributed by atoms with Crippen molar-refractivity contribution in [2.24, 2.45) is 0 Å². The van der Waals surface area contributed by atoms with Gasteiger partial charge in [-0.25, -0.2) is 4.98 Å². The molecule has 1 heterocycles. The molecule has 108 valence electrons. The number of benzene rings is 1. The van der Waals surface area contributed by atoms with Crippen LogP contribution in [0.25, 0.3) is 0 Å². The Morgan fingerprint density at radius 3 is 2.50 bits per heavy atom. The zero-order valence-electron chi connectivity index (χ0n) is 12.9. The van der Waals surface area contributed by atoms with Gasteiger partial charge in [-0.15, -0.1) is 0 Å². The van der Waals surface area contributed by atoms with Crippen molar-refractivity contribution >= 4 is 0 Å². The lowest BCUT2D eigenvalue weighted by Gasteiger charge is -2.19. The van der Waals surface area contributed by atoms with Gasteiger partial charge in [0.25, 0.3) is 0 Å². The molecule has 20 heavy (non-hydrogen) atoms. The second kappa shape index (κ2) is 6.71. The summed E-state index contributed by atoms with van der Waals surface area (Å²) in [5.41, 5.74) is 3.90. The third-order valence-corrected chi connectivity index (χ3v) is 3.72. The molecule has 0 aliphatic heterocycles. The van der Waals surface area contributed by atoms with Gasteiger partial charge >= 0.3 is 0 Å². The summed E-state index contributed by atoms with van der Waals surface area (Å²) in [5.74, 6) is 0. The molecular formula is C17H25N3. The molecule has 2 rings (SSSR count). The number of aryl methyl sites for hydroxylation is 1. The van der Waals surface area contributed by atoms with Gasteiger partial charge < -0.3 is 9.88 Å². The van der Waals surface area contributed by atoms with Crippen molar-refractivity contribution in [2.45, 2.75) is 52.7 Å². The second-order valence-electron chi connectivity index (χ2n) is 5.64. The van der Waals surface area contributed by atoms with Crippen LogP contribution < -0.4 is 5.32 Å². The van der Waals surface area contributed by atoms with Gasteiger partial charge in [0.05, 0.1) is 12.0 Å². The molecule has 1 N–H and O–H groups in total. The molecule has 1 aromatic carbocycles. The van der Waals surface area contributed by atoms with Crippen LogP contribution in [-0.4, -0.2) is 9.55 Å². The number of nitrogens with zero attached hydrogens (tertiary/aromatic N) is 2. The predicted octanol–water partition coefficient (Wildman–Crippen LogP) is 4.01. The Labute approximate surface area is 122 Å². The molecule has 0 bridgehead atoms. The minimum atomic E-state index is 0.395. The minimum absolute atomic E-state index is 0.395. The zero-order valence-corrected chi connectivity index (χ0v) is 12.9. The van der Waals surface area contributed by atoms with Crippen LogP contribution in [0.3, 0.4) is 0 Å². The molecule has 2 aromatic rings. The van der Waals surface area contributed by atoms with E-state index in [2.05, 4.69) is 66.8 Å². The van der Waals surface area contributed by atoms with Gasteiger partial charge in [0, 0.05) is 24.8 Å². The molecule has 0 aliphatic rings. The third-order valence-electron chi connectivity index (χ3n) is 3.72. The smallest absolute Gasteiger partial charge is 0.0951 e. The van der Waals surface area contributed by atoms with Gasteiger partial charge in [0.1, 0.15) is 0 Å². The van der Waals surface area contributed by atoms with Gasteiger partial charge in [0.15, 0.2) is 0 Å². The molecule has 0 saturated heterocycles. The quantitative estimate of drug-likeness (QED) is 0.860. The minimum Gasteiger partial charge on any atom is -0.331 e. The van der Waals surface area contributed by atoms with Crippen LogP contribution in [0.5, 0.6) is 0 Å². The summed E-state index contributed by atoms with van der Waals surface area (Å²) in [6.07, 6.45) is 4.95. The molecule has 0 radical (unpaired) electrons. The Balaban J connectivity index is 2.04. The largest absolute Gasteiger partial charge is 0.331 e. The Hall–Kier alpha value is -1.61. The molecule has 1 atom stereocenters. The first-order chi connectivity index (χ1) is 9.61. The monoisotopic (exact) mass is 271 g/mol. The van der Waals surface area contributed by atoms with Crippen LogP contribution in [0.1, 0.15) is 56.1 Å². The van der Waals surface area contributed by atoms with Crippen molar-refractivity contribution in [1.29, 1.82) is 0 Å². The van der Waals surface area contributed by atoms with E-state index < -0.39 is 0 Å². The molecular weight excluding hydrogens is 246 g/mol. The molecule has 0 saturated carbocycles. The third kappa shape index (κ3) is 3.48. The molecule has 1 aromatic heterocycles. The predicted molar refractivity (Wildman–Crippen MR) is 83.7 cm³/mol. The Kier molecular flexibility index (Phi) is 4.96. The Morgan fingerprint density at radius 2 is 1.90 bits per heavy atom. The normalized spacial score (nSPS) is 12.8. The first kappa shape index (κ1) is 14.8. The summed E-state index contributed by atoms with van der Waals surface area (Å²) in [6, 6.07) is 9.64. The van der Waals surface area contributed by atoms with Crippen LogP contribution in [0, 0.1) is 6.92 Å². The highest BCUT2D eigenvalue weighted by atomic mass is 15.1. The molecule has 3 nitrogen and oxygen atoms in total. The van der Waals surface area contributed by atoms with Crippen molar-refractivity contribution < 1.29 is 0 Å². The first-order valence-corrected chi connectivity index (χ1v) is 7.42. The highest BCUT2D eigenvalue weighted by Crippen LogP contribution is 2.18. The first-order valence-electron chi connectivity index (χ1n) is 7.42. The van der Waals surface area contributed by atoms with E-state index in [9.17, 15) is 0 Å². The Morgan fingerprint density at radius 1 is 1.20 bits per heavy atom. The van der Waals surface area contributed by atoms with Gasteiger partial charge in [-0.05, 0) is 32.8 Å².